The van der Waals surface area contributed by atoms with E-state index < -0.39 is 0 Å². The van der Waals surface area contributed by atoms with Gasteiger partial charge in [-0.05, 0) is 44.5 Å². The standard InChI is InChI=1S/C13H21BrN2/c1-12-8-13(10-15-9-12)11-16(2)7-5-3-4-6-14/h8-10H,3-7,11H2,1-2H3. The molecule has 0 saturated carbocycles. The van der Waals surface area contributed by atoms with Crippen molar-refractivity contribution in [1.82, 2.24) is 9.88 Å². The summed E-state index contributed by atoms with van der Waals surface area (Å²) in [6, 6.07) is 2.21. The highest BCUT2D eigenvalue weighted by atomic mass is 79.9. The second-order valence-electron chi connectivity index (χ2n) is 4.36. The minimum absolute atomic E-state index is 1.00. The van der Waals surface area contributed by atoms with Crippen LogP contribution in [0, 0.1) is 6.92 Å². The number of unbranched alkanes of at least 4 members (excludes halogenated alkanes) is 2. The fourth-order valence-corrected chi connectivity index (χ4v) is 2.14. The second kappa shape index (κ2) is 7.80. The SMILES string of the molecule is Cc1cncc(CN(C)CCCCCBr)c1. The maximum absolute atomic E-state index is 4.21. The van der Waals surface area contributed by atoms with Gasteiger partial charge in [0.15, 0.2) is 0 Å². The van der Waals surface area contributed by atoms with Crippen LogP contribution in [0.25, 0.3) is 0 Å². The van der Waals surface area contributed by atoms with E-state index in [0.29, 0.717) is 0 Å². The minimum atomic E-state index is 1.00. The molecule has 3 heteroatoms. The Labute approximate surface area is 107 Å². The summed E-state index contributed by atoms with van der Waals surface area (Å²) in [4.78, 5) is 6.58. The Hall–Kier alpha value is -0.410. The number of alkyl halides is 1. The highest BCUT2D eigenvalue weighted by Gasteiger charge is 2.00. The van der Waals surface area contributed by atoms with Crippen LogP contribution >= 0.6 is 15.9 Å². The fourth-order valence-electron chi connectivity index (χ4n) is 1.75. The molecule has 1 aromatic heterocycles. The molecule has 0 radical (unpaired) electrons. The second-order valence-corrected chi connectivity index (χ2v) is 5.15. The summed E-state index contributed by atoms with van der Waals surface area (Å²) in [6.07, 6.45) is 7.73. The van der Waals surface area contributed by atoms with Crippen LogP contribution in [0.1, 0.15) is 30.4 Å². The Kier molecular flexibility index (Phi) is 6.65. The molecular weight excluding hydrogens is 264 g/mol. The summed E-state index contributed by atoms with van der Waals surface area (Å²) in [5.41, 5.74) is 2.55. The molecule has 1 heterocycles. The first-order valence-corrected chi connectivity index (χ1v) is 6.99. The van der Waals surface area contributed by atoms with E-state index in [1.807, 2.05) is 12.4 Å². The van der Waals surface area contributed by atoms with E-state index in [0.717, 1.165) is 11.9 Å². The third kappa shape index (κ3) is 5.61. The van der Waals surface area contributed by atoms with Crippen molar-refractivity contribution in [3.8, 4) is 0 Å². The van der Waals surface area contributed by atoms with Crippen molar-refractivity contribution in [2.24, 2.45) is 0 Å². The zero-order valence-electron chi connectivity index (χ0n) is 10.2. The first kappa shape index (κ1) is 13.7. The van der Waals surface area contributed by atoms with Crippen molar-refractivity contribution in [2.75, 3.05) is 18.9 Å². The molecule has 1 rings (SSSR count). The maximum Gasteiger partial charge on any atom is 0.0313 e. The Morgan fingerprint density at radius 2 is 2.06 bits per heavy atom. The van der Waals surface area contributed by atoms with E-state index in [4.69, 9.17) is 0 Å². The summed E-state index contributed by atoms with van der Waals surface area (Å²) in [5, 5.41) is 1.12. The van der Waals surface area contributed by atoms with E-state index in [-0.39, 0.29) is 0 Å². The Morgan fingerprint density at radius 1 is 1.25 bits per heavy atom. The molecular formula is C13H21BrN2. The molecule has 0 spiro atoms. The molecule has 0 amide bonds. The Bertz CT molecular complexity index is 302. The fraction of sp³-hybridized carbons (Fsp3) is 0.615. The molecule has 2 nitrogen and oxygen atoms in total. The summed E-state index contributed by atoms with van der Waals surface area (Å²) < 4.78 is 0. The third-order valence-corrected chi connectivity index (χ3v) is 3.12. The highest BCUT2D eigenvalue weighted by molar-refractivity contribution is 9.09. The molecule has 90 valence electrons. The van der Waals surface area contributed by atoms with Crippen molar-refractivity contribution >= 4 is 15.9 Å². The van der Waals surface area contributed by atoms with Crippen molar-refractivity contribution in [1.29, 1.82) is 0 Å². The van der Waals surface area contributed by atoms with Gasteiger partial charge >= 0.3 is 0 Å². The van der Waals surface area contributed by atoms with Gasteiger partial charge in [-0.15, -0.1) is 0 Å². The van der Waals surface area contributed by atoms with Crippen LogP contribution in [0.2, 0.25) is 0 Å². The van der Waals surface area contributed by atoms with Crippen molar-refractivity contribution < 1.29 is 0 Å². The lowest BCUT2D eigenvalue weighted by atomic mass is 10.2. The predicted octanol–water partition coefficient (Wildman–Crippen LogP) is 3.39. The van der Waals surface area contributed by atoms with Gasteiger partial charge in [0.25, 0.3) is 0 Å². The average molecular weight is 285 g/mol. The largest absolute Gasteiger partial charge is 0.302 e. The maximum atomic E-state index is 4.21. The van der Waals surface area contributed by atoms with Crippen LogP contribution in [0.4, 0.5) is 0 Å². The summed E-state index contributed by atoms with van der Waals surface area (Å²) in [6.45, 7) is 4.26. The lowest BCUT2D eigenvalue weighted by Gasteiger charge is -2.16. The van der Waals surface area contributed by atoms with Gasteiger partial charge in [-0.25, -0.2) is 0 Å². The molecule has 0 fully saturated rings. The monoisotopic (exact) mass is 284 g/mol. The van der Waals surface area contributed by atoms with Crippen molar-refractivity contribution in [2.45, 2.75) is 32.7 Å². The highest BCUT2D eigenvalue weighted by Crippen LogP contribution is 2.06. The van der Waals surface area contributed by atoms with Crippen LogP contribution in [0.3, 0.4) is 0 Å². The van der Waals surface area contributed by atoms with Crippen molar-refractivity contribution in [3.63, 3.8) is 0 Å². The van der Waals surface area contributed by atoms with E-state index in [2.05, 4.69) is 45.9 Å². The average Bonchev–Trinajstić information content (AvgIpc) is 2.24. The van der Waals surface area contributed by atoms with E-state index >= 15 is 0 Å². The summed E-state index contributed by atoms with van der Waals surface area (Å²) in [7, 11) is 2.18. The number of pyridine rings is 1. The number of rotatable bonds is 7. The number of aromatic nitrogens is 1. The number of hydrogen-bond acceptors (Lipinski definition) is 2. The van der Waals surface area contributed by atoms with Crippen LogP contribution in [-0.4, -0.2) is 28.8 Å². The first-order valence-electron chi connectivity index (χ1n) is 5.87. The molecule has 0 aliphatic rings. The predicted molar refractivity (Wildman–Crippen MR) is 73.0 cm³/mol. The van der Waals surface area contributed by atoms with Gasteiger partial charge in [-0.3, -0.25) is 4.98 Å². The lowest BCUT2D eigenvalue weighted by molar-refractivity contribution is 0.318. The smallest absolute Gasteiger partial charge is 0.0313 e. The summed E-state index contributed by atoms with van der Waals surface area (Å²) >= 11 is 3.46. The van der Waals surface area contributed by atoms with Crippen LogP contribution in [0.5, 0.6) is 0 Å². The minimum Gasteiger partial charge on any atom is -0.302 e. The van der Waals surface area contributed by atoms with Crippen LogP contribution in [-0.2, 0) is 6.54 Å². The van der Waals surface area contributed by atoms with Crippen LogP contribution in [0.15, 0.2) is 18.5 Å². The Balaban J connectivity index is 2.25. The van der Waals surface area contributed by atoms with Gasteiger partial charge in [0.05, 0.1) is 0 Å². The van der Waals surface area contributed by atoms with Gasteiger partial charge in [-0.1, -0.05) is 28.4 Å². The van der Waals surface area contributed by atoms with E-state index in [9.17, 15) is 0 Å². The van der Waals surface area contributed by atoms with E-state index in [1.165, 1.54) is 36.9 Å². The van der Waals surface area contributed by atoms with Gasteiger partial charge in [0.2, 0.25) is 0 Å². The Morgan fingerprint density at radius 3 is 2.75 bits per heavy atom. The molecule has 0 atom stereocenters. The summed E-state index contributed by atoms with van der Waals surface area (Å²) in [5.74, 6) is 0. The zero-order chi connectivity index (χ0) is 11.8. The number of halogens is 1. The van der Waals surface area contributed by atoms with Gasteiger partial charge in [0, 0.05) is 24.3 Å². The molecule has 0 aliphatic carbocycles. The lowest BCUT2D eigenvalue weighted by Crippen LogP contribution is -2.19. The van der Waals surface area contributed by atoms with Gasteiger partial charge < -0.3 is 4.90 Å². The molecule has 16 heavy (non-hydrogen) atoms. The molecule has 1 aromatic rings. The zero-order valence-corrected chi connectivity index (χ0v) is 11.8. The topological polar surface area (TPSA) is 16.1 Å². The van der Waals surface area contributed by atoms with Gasteiger partial charge in [0.1, 0.15) is 0 Å². The molecule has 0 unspecified atom stereocenters. The number of nitrogens with zero attached hydrogens (tertiary/aromatic N) is 2. The van der Waals surface area contributed by atoms with E-state index in [1.54, 1.807) is 0 Å². The number of aryl methyl sites for hydroxylation is 1. The number of hydrogen-bond donors (Lipinski definition) is 0. The van der Waals surface area contributed by atoms with Crippen molar-refractivity contribution in [3.05, 3.63) is 29.6 Å². The molecule has 0 aromatic carbocycles. The van der Waals surface area contributed by atoms with Crippen LogP contribution < -0.4 is 0 Å². The normalized spacial score (nSPS) is 11.0. The molecule has 0 bridgehead atoms. The quantitative estimate of drug-likeness (QED) is 0.564. The first-order chi connectivity index (χ1) is 7.72. The molecule has 0 aliphatic heterocycles. The van der Waals surface area contributed by atoms with Gasteiger partial charge in [-0.2, -0.15) is 0 Å². The third-order valence-electron chi connectivity index (χ3n) is 2.56. The molecule has 0 N–H and O–H groups in total. The molecule has 0 saturated heterocycles.